The van der Waals surface area contributed by atoms with Gasteiger partial charge in [0.25, 0.3) is 0 Å². The average molecular weight is 559 g/mol. The molecule has 51 valence electrons. The van der Waals surface area contributed by atoms with Crippen LogP contribution in [0.15, 0.2) is 24.3 Å². The van der Waals surface area contributed by atoms with Gasteiger partial charge in [0.2, 0.25) is 0 Å². The van der Waals surface area contributed by atoms with E-state index in [9.17, 15) is 0 Å². The monoisotopic (exact) mass is 560 g/mol. The van der Waals surface area contributed by atoms with E-state index in [2.05, 4.69) is 0 Å². The van der Waals surface area contributed by atoms with E-state index in [1.54, 1.807) is 6.07 Å². The molecule has 3 heteroatoms. The molecule has 1 N–H and O–H groups in total. The second-order valence-electron chi connectivity index (χ2n) is 1.81. The second kappa shape index (κ2) is 4.55. The maximum Gasteiger partial charge on any atom is 0 e. The first-order valence-corrected chi connectivity index (χ1v) is 2.58. The predicted molar refractivity (Wildman–Crippen MR) is 35.2 cm³/mol. The minimum Gasteiger partial charge on any atom is -0.699 e. The molecule has 0 aromatic heterocycles. The van der Waals surface area contributed by atoms with Gasteiger partial charge in [0.05, 0.1) is 0 Å². The molecule has 0 heterocycles. The summed E-state index contributed by atoms with van der Waals surface area (Å²) in [6, 6.07) is 7.53. The van der Waals surface area contributed by atoms with Crippen LogP contribution in [-0.2, 0) is 20.4 Å². The van der Waals surface area contributed by atoms with Crippen molar-refractivity contribution in [3.8, 4) is 0 Å². The van der Waals surface area contributed by atoms with Crippen molar-refractivity contribution in [2.75, 3.05) is 0 Å². The van der Waals surface area contributed by atoms with Gasteiger partial charge in [-0.15, -0.1) is 5.69 Å². The van der Waals surface area contributed by atoms with Gasteiger partial charge in [-0.05, 0) is 6.92 Å². The first-order chi connectivity index (χ1) is 3.80. The fraction of sp³-hybridized carbons (Fsp3) is 0.143. The SMILES string of the molecule is Cc1ccccc1[NH-].[Re].[Rf]. The maximum atomic E-state index is 7.22. The smallest absolute Gasteiger partial charge is 0 e. The molecule has 0 saturated carbocycles. The van der Waals surface area contributed by atoms with Crippen LogP contribution in [0.5, 0.6) is 0 Å². The summed E-state index contributed by atoms with van der Waals surface area (Å²) < 4.78 is 0. The summed E-state index contributed by atoms with van der Waals surface area (Å²) in [6.45, 7) is 1.93. The van der Waals surface area contributed by atoms with Crippen molar-refractivity contribution in [2.24, 2.45) is 0 Å². The maximum absolute atomic E-state index is 7.22. The van der Waals surface area contributed by atoms with Crippen LogP contribution in [0.1, 0.15) is 5.56 Å². The van der Waals surface area contributed by atoms with Crippen molar-refractivity contribution >= 4 is 5.69 Å². The van der Waals surface area contributed by atoms with E-state index in [4.69, 9.17) is 5.73 Å². The van der Waals surface area contributed by atoms with Crippen molar-refractivity contribution in [2.45, 2.75) is 6.92 Å². The Morgan fingerprint density at radius 1 is 1.20 bits per heavy atom. The molecule has 1 aromatic carbocycles. The number of aryl methyl sites for hydroxylation is 1. The minimum atomic E-state index is 0. The van der Waals surface area contributed by atoms with Crippen molar-refractivity contribution in [1.29, 1.82) is 0 Å². The summed E-state index contributed by atoms with van der Waals surface area (Å²) >= 11 is 0. The molecule has 1 rings (SSSR count). The molecule has 0 aliphatic carbocycles. The Bertz CT molecular complexity index is 170. The fourth-order valence-corrected chi connectivity index (χ4v) is 0.573. The van der Waals surface area contributed by atoms with Gasteiger partial charge < -0.3 is 5.73 Å². The zero-order chi connectivity index (χ0) is 5.98. The van der Waals surface area contributed by atoms with Gasteiger partial charge in [-0.2, -0.15) is 0 Å². The molecule has 0 amide bonds. The number of hydrogen-bond acceptors (Lipinski definition) is 0. The zero-order valence-electron chi connectivity index (χ0n) is 5.89. The largest absolute Gasteiger partial charge is 0.699 e. The molecule has 1 radical (unpaired) electrons. The summed E-state index contributed by atoms with van der Waals surface area (Å²) in [6.07, 6.45) is 0. The van der Waals surface area contributed by atoms with Gasteiger partial charge in [0, 0.05) is 20.4 Å². The molecular weight excluding hydrogens is 551 g/mol. The second-order valence-corrected chi connectivity index (χ2v) is 1.81. The Kier molecular flexibility index (Phi) is 5.22. The standard InChI is InChI=1S/C7H8N.Re.Rf/c1-6-4-2-3-5-7(6)8;;/h2-5,8H,1H3;;/q-1;;. The molecule has 0 spiro atoms. The molecule has 0 saturated heterocycles. The molecule has 0 atom stereocenters. The number of rotatable bonds is 0. The van der Waals surface area contributed by atoms with E-state index >= 15 is 0 Å². The Morgan fingerprint density at radius 3 is 2.00 bits per heavy atom. The minimum absolute atomic E-state index is 0. The average Bonchev–Trinajstić information content (AvgIpc) is 1.77. The van der Waals surface area contributed by atoms with E-state index < -0.39 is 0 Å². The topological polar surface area (TPSA) is 23.8 Å². The summed E-state index contributed by atoms with van der Waals surface area (Å²) in [4.78, 5) is 0. The summed E-state index contributed by atoms with van der Waals surface area (Å²) in [5, 5.41) is 0. The molecular formula is C7H8NReRf-. The first kappa shape index (κ1) is 11.5. The van der Waals surface area contributed by atoms with E-state index in [1.807, 2.05) is 25.1 Å². The van der Waals surface area contributed by atoms with Crippen LogP contribution in [0.4, 0.5) is 5.69 Å². The van der Waals surface area contributed by atoms with Crippen LogP contribution in [0.3, 0.4) is 0 Å². The molecule has 1 nitrogen and oxygen atoms in total. The van der Waals surface area contributed by atoms with Crippen molar-refractivity contribution < 1.29 is 20.4 Å². The number of benzene rings is 1. The van der Waals surface area contributed by atoms with E-state index in [-0.39, 0.29) is 20.4 Å². The third-order valence-corrected chi connectivity index (χ3v) is 1.15. The number of hydrogen-bond donors (Lipinski definition) is 0. The van der Waals surface area contributed by atoms with Gasteiger partial charge >= 0.3 is 0 Å². The Labute approximate surface area is 68.9 Å². The molecule has 0 bridgehead atoms. The van der Waals surface area contributed by atoms with Crippen LogP contribution in [0.2, 0.25) is 0 Å². The van der Waals surface area contributed by atoms with Gasteiger partial charge in [-0.3, -0.25) is 0 Å². The third kappa shape index (κ3) is 2.30. The van der Waals surface area contributed by atoms with Crippen LogP contribution in [0, 0.1) is 6.92 Å². The third-order valence-electron chi connectivity index (χ3n) is 1.15. The zero-order valence-corrected chi connectivity index (χ0v) is 15.0. The van der Waals surface area contributed by atoms with Crippen molar-refractivity contribution in [1.82, 2.24) is 0 Å². The van der Waals surface area contributed by atoms with E-state index in [0.717, 1.165) is 5.56 Å². The van der Waals surface area contributed by atoms with E-state index in [1.165, 1.54) is 0 Å². The molecule has 1 aromatic rings. The Hall–Kier alpha value is -1.32. The van der Waals surface area contributed by atoms with Crippen molar-refractivity contribution in [3.05, 3.63) is 35.6 Å². The van der Waals surface area contributed by atoms with Gasteiger partial charge in [0.15, 0.2) is 0 Å². The van der Waals surface area contributed by atoms with Gasteiger partial charge in [-0.25, -0.2) is 0 Å². The quantitative estimate of drug-likeness (QED) is 0.467. The van der Waals surface area contributed by atoms with E-state index in [0.29, 0.717) is 5.69 Å². The summed E-state index contributed by atoms with van der Waals surface area (Å²) in [7, 11) is 0. The normalized spacial score (nSPS) is 7.30. The Morgan fingerprint density at radius 2 is 1.70 bits per heavy atom. The first-order valence-electron chi connectivity index (χ1n) is 2.58. The fourth-order valence-electron chi connectivity index (χ4n) is 0.573. The van der Waals surface area contributed by atoms with Gasteiger partial charge in [-0.1, -0.05) is 29.8 Å². The summed E-state index contributed by atoms with van der Waals surface area (Å²) in [5.74, 6) is 0. The predicted octanol–water partition coefficient (Wildman–Crippen LogP) is 2.68. The van der Waals surface area contributed by atoms with Crippen LogP contribution >= 0.6 is 0 Å². The molecule has 0 fully saturated rings. The molecule has 0 aliphatic heterocycles. The summed E-state index contributed by atoms with van der Waals surface area (Å²) in [5.41, 5.74) is 8.87. The number of nitrogens with one attached hydrogen (secondary N) is 1. The van der Waals surface area contributed by atoms with Crippen LogP contribution in [0.25, 0.3) is 5.73 Å². The van der Waals surface area contributed by atoms with Crippen LogP contribution < -0.4 is 0 Å². The molecule has 10 heavy (non-hydrogen) atoms. The van der Waals surface area contributed by atoms with Crippen LogP contribution in [-0.4, -0.2) is 0 Å². The molecule has 0 aliphatic rings. The van der Waals surface area contributed by atoms with Gasteiger partial charge in [0.1, 0.15) is 0 Å². The van der Waals surface area contributed by atoms with Crippen molar-refractivity contribution in [3.63, 3.8) is 0 Å². The molecule has 0 unspecified atom stereocenters. The Balaban J connectivity index is 0.